The van der Waals surface area contributed by atoms with Crippen LogP contribution in [0.4, 0.5) is 13.2 Å². The Kier molecular flexibility index (Phi) is 7.58. The molecule has 0 unspecified atom stereocenters. The van der Waals surface area contributed by atoms with Gasteiger partial charge in [0.1, 0.15) is 0 Å². The van der Waals surface area contributed by atoms with Crippen LogP contribution in [0.5, 0.6) is 0 Å². The van der Waals surface area contributed by atoms with Gasteiger partial charge in [-0.2, -0.15) is 13.2 Å². The van der Waals surface area contributed by atoms with Crippen molar-refractivity contribution in [3.8, 4) is 0 Å². The van der Waals surface area contributed by atoms with Gasteiger partial charge in [-0.25, -0.2) is 4.98 Å². The van der Waals surface area contributed by atoms with Gasteiger partial charge < -0.3 is 10.2 Å². The lowest BCUT2D eigenvalue weighted by Gasteiger charge is -2.43. The number of rotatable bonds is 3. The summed E-state index contributed by atoms with van der Waals surface area (Å²) in [5, 5.41) is 5.74. The van der Waals surface area contributed by atoms with E-state index in [-0.39, 0.29) is 5.91 Å². The Balaban J connectivity index is 0.000000161. The maximum atomic E-state index is 12.5. The number of hydrogen-bond donors (Lipinski definition) is 1. The number of hydrogen-bond acceptors (Lipinski definition) is 7. The molecule has 0 atom stereocenters. The Bertz CT molecular complexity index is 1170. The molecule has 34 heavy (non-hydrogen) atoms. The fraction of sp³-hybridized carbons (Fsp3) is 0.409. The van der Waals surface area contributed by atoms with Crippen molar-refractivity contribution >= 4 is 55.5 Å². The molecule has 0 aliphatic carbocycles. The molecule has 6 nitrogen and oxygen atoms in total. The van der Waals surface area contributed by atoms with Gasteiger partial charge in [0, 0.05) is 61.6 Å². The molecule has 1 N–H and O–H groups in total. The molecule has 12 heteroatoms. The fourth-order valence-corrected chi connectivity index (χ4v) is 5.82. The number of nitrogens with one attached hydrogen (secondary N) is 1. The second kappa shape index (κ2) is 10.3. The molecule has 1 aromatic carbocycles. The third kappa shape index (κ3) is 5.44. The Hall–Kier alpha value is -2.05. The third-order valence-electron chi connectivity index (χ3n) is 5.94. The molecule has 0 saturated carbocycles. The molecule has 2 saturated heterocycles. The van der Waals surface area contributed by atoms with Crippen LogP contribution >= 0.6 is 34.3 Å². The first-order valence-corrected chi connectivity index (χ1v) is 12.7. The minimum Gasteiger partial charge on any atom is -0.334 e. The van der Waals surface area contributed by atoms with Gasteiger partial charge in [0.15, 0.2) is 5.01 Å². The number of alkyl halides is 3. The summed E-state index contributed by atoms with van der Waals surface area (Å²) in [6, 6.07) is 4.10. The number of halogens is 4. The number of fused-ring (bicyclic) bond motifs is 1. The molecule has 5 rings (SSSR count). The SMILES string of the molecule is Cc1c(C(=O)Cl)sc2cc(C(F)(F)F)ccc12.O=C(c1nccs1)N1CCN(C2CNC2)CC1. The Morgan fingerprint density at radius 1 is 1.18 bits per heavy atom. The highest BCUT2D eigenvalue weighted by Crippen LogP contribution is 2.37. The first-order valence-electron chi connectivity index (χ1n) is 10.6. The second-order valence-corrected chi connectivity index (χ2v) is 10.3. The van der Waals surface area contributed by atoms with Crippen LogP contribution in [0.25, 0.3) is 10.1 Å². The maximum absolute atomic E-state index is 12.5. The van der Waals surface area contributed by atoms with Gasteiger partial charge >= 0.3 is 6.18 Å². The first kappa shape index (κ1) is 25.1. The van der Waals surface area contributed by atoms with E-state index >= 15 is 0 Å². The summed E-state index contributed by atoms with van der Waals surface area (Å²) in [6.07, 6.45) is -2.69. The summed E-state index contributed by atoms with van der Waals surface area (Å²) in [7, 11) is 0. The maximum Gasteiger partial charge on any atom is 0.416 e. The molecular formula is C22H22ClF3N4O2S2. The minimum atomic E-state index is -4.38. The van der Waals surface area contributed by atoms with Crippen molar-refractivity contribution in [3.05, 3.63) is 50.8 Å². The number of piperazine rings is 1. The van der Waals surface area contributed by atoms with Crippen LogP contribution in [0.15, 0.2) is 29.8 Å². The average Bonchev–Trinajstić information content (AvgIpc) is 3.41. The standard InChI is InChI=1S/C11H6ClF3OS.C11H16N4OS/c1-5-7-3-2-6(11(13,14)15)4-8(7)17-9(5)10(12)16;16-11(10-13-1-6-17-10)15-4-2-14(3-5-15)9-7-12-8-9/h2-4H,1H3;1,6,9,12H,2-5,7-8H2. The molecule has 3 aromatic rings. The highest BCUT2D eigenvalue weighted by Gasteiger charge is 2.31. The van der Waals surface area contributed by atoms with Crippen LogP contribution in [-0.2, 0) is 6.18 Å². The summed E-state index contributed by atoms with van der Waals surface area (Å²) in [5.41, 5.74) is -0.0986. The lowest BCUT2D eigenvalue weighted by atomic mass is 10.1. The molecule has 2 aromatic heterocycles. The topological polar surface area (TPSA) is 65.5 Å². The Morgan fingerprint density at radius 3 is 2.41 bits per heavy atom. The Morgan fingerprint density at radius 2 is 1.88 bits per heavy atom. The zero-order chi connectivity index (χ0) is 24.5. The predicted octanol–water partition coefficient (Wildman–Crippen LogP) is 4.48. The number of thiophene rings is 1. The van der Waals surface area contributed by atoms with Gasteiger partial charge in [-0.3, -0.25) is 14.5 Å². The van der Waals surface area contributed by atoms with Gasteiger partial charge in [-0.15, -0.1) is 22.7 Å². The van der Waals surface area contributed by atoms with Crippen LogP contribution in [0.2, 0.25) is 0 Å². The molecule has 182 valence electrons. The first-order chi connectivity index (χ1) is 16.1. The number of thiazole rings is 1. The summed E-state index contributed by atoms with van der Waals surface area (Å²) in [6.45, 7) is 7.50. The van der Waals surface area contributed by atoms with Crippen LogP contribution in [0.1, 0.15) is 30.6 Å². The third-order valence-corrected chi connectivity index (χ3v) is 8.25. The molecule has 0 bridgehead atoms. The predicted molar refractivity (Wildman–Crippen MR) is 128 cm³/mol. The molecule has 2 fully saturated rings. The molecule has 2 aliphatic rings. The number of nitrogens with zero attached hydrogens (tertiary/aromatic N) is 3. The van der Waals surface area contributed by atoms with Crippen molar-refractivity contribution in [2.45, 2.75) is 19.1 Å². The van der Waals surface area contributed by atoms with E-state index < -0.39 is 17.0 Å². The minimum absolute atomic E-state index is 0.0892. The smallest absolute Gasteiger partial charge is 0.334 e. The van der Waals surface area contributed by atoms with Crippen molar-refractivity contribution in [2.75, 3.05) is 39.3 Å². The van der Waals surface area contributed by atoms with E-state index in [4.69, 9.17) is 11.6 Å². The highest BCUT2D eigenvalue weighted by atomic mass is 35.5. The van der Waals surface area contributed by atoms with Crippen LogP contribution in [0, 0.1) is 6.92 Å². The monoisotopic (exact) mass is 530 g/mol. The van der Waals surface area contributed by atoms with E-state index in [0.29, 0.717) is 31.6 Å². The summed E-state index contributed by atoms with van der Waals surface area (Å²) >= 11 is 7.76. The number of amides is 1. The number of aromatic nitrogens is 1. The van der Waals surface area contributed by atoms with Crippen LogP contribution < -0.4 is 5.32 Å². The summed E-state index contributed by atoms with van der Waals surface area (Å²) < 4.78 is 37.9. The van der Waals surface area contributed by atoms with Crippen molar-refractivity contribution in [2.24, 2.45) is 0 Å². The Labute approximate surface area is 207 Å². The zero-order valence-corrected chi connectivity index (χ0v) is 20.6. The highest BCUT2D eigenvalue weighted by molar-refractivity contribution is 7.22. The molecule has 4 heterocycles. The zero-order valence-electron chi connectivity index (χ0n) is 18.2. The van der Waals surface area contributed by atoms with E-state index in [2.05, 4.69) is 15.2 Å². The van der Waals surface area contributed by atoms with E-state index in [9.17, 15) is 22.8 Å². The average molecular weight is 531 g/mol. The number of carbonyl (C=O) groups excluding carboxylic acids is 2. The summed E-state index contributed by atoms with van der Waals surface area (Å²) in [4.78, 5) is 31.9. The fourth-order valence-electron chi connectivity index (χ4n) is 3.88. The van der Waals surface area contributed by atoms with E-state index in [0.717, 1.165) is 62.7 Å². The number of benzene rings is 1. The normalized spacial score (nSPS) is 17.3. The lowest BCUT2D eigenvalue weighted by Crippen LogP contribution is -2.62. The van der Waals surface area contributed by atoms with Crippen molar-refractivity contribution < 1.29 is 22.8 Å². The summed E-state index contributed by atoms with van der Waals surface area (Å²) in [5.74, 6) is 0.0892. The lowest BCUT2D eigenvalue weighted by molar-refractivity contribution is -0.137. The molecule has 2 aliphatic heterocycles. The van der Waals surface area contributed by atoms with Crippen molar-refractivity contribution in [3.63, 3.8) is 0 Å². The van der Waals surface area contributed by atoms with Gasteiger partial charge in [-0.05, 0) is 41.6 Å². The molecule has 0 spiro atoms. The number of aryl methyl sites for hydroxylation is 1. The van der Waals surface area contributed by atoms with E-state index in [1.807, 2.05) is 10.3 Å². The van der Waals surface area contributed by atoms with Gasteiger partial charge in [-0.1, -0.05) is 6.07 Å². The molecular weight excluding hydrogens is 509 g/mol. The van der Waals surface area contributed by atoms with E-state index in [1.54, 1.807) is 13.1 Å². The number of carbonyl (C=O) groups is 2. The van der Waals surface area contributed by atoms with E-state index in [1.165, 1.54) is 17.4 Å². The molecule has 0 radical (unpaired) electrons. The second-order valence-electron chi connectivity index (χ2n) is 8.02. The quantitative estimate of drug-likeness (QED) is 0.506. The van der Waals surface area contributed by atoms with Gasteiger partial charge in [0.25, 0.3) is 11.1 Å². The largest absolute Gasteiger partial charge is 0.416 e. The van der Waals surface area contributed by atoms with Gasteiger partial charge in [0.05, 0.1) is 10.4 Å². The van der Waals surface area contributed by atoms with Crippen molar-refractivity contribution in [1.29, 1.82) is 0 Å². The van der Waals surface area contributed by atoms with Gasteiger partial charge in [0.2, 0.25) is 0 Å². The van der Waals surface area contributed by atoms with Crippen LogP contribution in [-0.4, -0.2) is 71.2 Å². The van der Waals surface area contributed by atoms with Crippen LogP contribution in [0.3, 0.4) is 0 Å². The molecule has 1 amide bonds. The van der Waals surface area contributed by atoms with Crippen molar-refractivity contribution in [1.82, 2.24) is 20.1 Å².